The molecule has 0 radical (unpaired) electrons. The Morgan fingerprint density at radius 3 is 2.62 bits per heavy atom. The number of hydrogen-bond acceptors (Lipinski definition) is 3. The number of aromatic hydroxyl groups is 1. The molecule has 4 heteroatoms. The minimum absolute atomic E-state index is 0.202. The molecule has 80 valence electrons. The lowest BCUT2D eigenvalue weighted by atomic mass is 10.1. The molecule has 0 bridgehead atoms. The number of nitrogens with one attached hydrogen (secondary N) is 1. The van der Waals surface area contributed by atoms with Crippen molar-refractivity contribution in [3.8, 4) is 23.1 Å². The minimum atomic E-state index is 0.202. The second kappa shape index (κ2) is 4.07. The van der Waals surface area contributed by atoms with Crippen LogP contribution in [-0.4, -0.2) is 15.3 Å². The molecule has 0 fully saturated rings. The van der Waals surface area contributed by atoms with Gasteiger partial charge < -0.3 is 5.11 Å². The molecule has 4 nitrogen and oxygen atoms in total. The van der Waals surface area contributed by atoms with Gasteiger partial charge >= 0.3 is 0 Å². The molecule has 0 saturated carbocycles. The maximum Gasteiger partial charge on any atom is 0.115 e. The molecule has 0 unspecified atom stereocenters. The van der Waals surface area contributed by atoms with Crippen LogP contribution < -0.4 is 0 Å². The number of aryl methyl sites for hydroxylation is 1. The van der Waals surface area contributed by atoms with Crippen LogP contribution in [0.15, 0.2) is 24.3 Å². The lowest BCUT2D eigenvalue weighted by molar-refractivity contribution is 0.475. The first-order chi connectivity index (χ1) is 7.76. The zero-order valence-corrected chi connectivity index (χ0v) is 8.86. The summed E-state index contributed by atoms with van der Waals surface area (Å²) in [6.07, 6.45) is 0.744. The van der Waals surface area contributed by atoms with E-state index >= 15 is 0 Å². The van der Waals surface area contributed by atoms with Crippen molar-refractivity contribution in [3.05, 3.63) is 35.5 Å². The second-order valence-electron chi connectivity index (χ2n) is 3.44. The summed E-state index contributed by atoms with van der Waals surface area (Å²) in [6, 6.07) is 8.80. The predicted molar refractivity (Wildman–Crippen MR) is 59.8 cm³/mol. The molecule has 0 aliphatic carbocycles. The highest BCUT2D eigenvalue weighted by molar-refractivity contribution is 5.68. The molecule has 0 saturated heterocycles. The van der Waals surface area contributed by atoms with Crippen molar-refractivity contribution in [3.63, 3.8) is 0 Å². The van der Waals surface area contributed by atoms with Crippen molar-refractivity contribution in [1.82, 2.24) is 10.2 Å². The smallest absolute Gasteiger partial charge is 0.115 e. The Kier molecular flexibility index (Phi) is 2.61. The summed E-state index contributed by atoms with van der Waals surface area (Å²) in [7, 11) is 0. The fraction of sp³-hybridized carbons (Fsp3) is 0.167. The SMILES string of the molecule is CCc1[nH]nc(-c2ccc(O)cc2)c1C#N. The van der Waals surface area contributed by atoms with E-state index in [1.165, 1.54) is 0 Å². The zero-order chi connectivity index (χ0) is 11.5. The number of nitrogens with zero attached hydrogens (tertiary/aromatic N) is 2. The number of rotatable bonds is 2. The molecule has 0 atom stereocenters. The highest BCUT2D eigenvalue weighted by Gasteiger charge is 2.12. The third-order valence-corrected chi connectivity index (χ3v) is 2.45. The molecule has 1 aromatic carbocycles. The first-order valence-electron chi connectivity index (χ1n) is 5.03. The van der Waals surface area contributed by atoms with Crippen LogP contribution in [0.3, 0.4) is 0 Å². The van der Waals surface area contributed by atoms with Crippen LogP contribution in [0.4, 0.5) is 0 Å². The summed E-state index contributed by atoms with van der Waals surface area (Å²) in [5.41, 5.74) is 2.88. The third-order valence-electron chi connectivity index (χ3n) is 2.45. The molecule has 1 aromatic heterocycles. The van der Waals surface area contributed by atoms with E-state index in [1.807, 2.05) is 6.92 Å². The third kappa shape index (κ3) is 1.63. The van der Waals surface area contributed by atoms with Crippen LogP contribution in [0.25, 0.3) is 11.3 Å². The van der Waals surface area contributed by atoms with E-state index < -0.39 is 0 Å². The topological polar surface area (TPSA) is 72.7 Å². The average molecular weight is 213 g/mol. The summed E-state index contributed by atoms with van der Waals surface area (Å²) in [6.45, 7) is 1.97. The van der Waals surface area contributed by atoms with Crippen LogP contribution in [0.2, 0.25) is 0 Å². The molecule has 0 aliphatic heterocycles. The fourth-order valence-corrected chi connectivity index (χ4v) is 1.58. The van der Waals surface area contributed by atoms with Crippen LogP contribution in [0.1, 0.15) is 18.2 Å². The van der Waals surface area contributed by atoms with Gasteiger partial charge in [-0.3, -0.25) is 5.10 Å². The van der Waals surface area contributed by atoms with Gasteiger partial charge in [-0.1, -0.05) is 6.92 Å². The summed E-state index contributed by atoms with van der Waals surface area (Å²) in [4.78, 5) is 0. The van der Waals surface area contributed by atoms with Crippen LogP contribution in [0.5, 0.6) is 5.75 Å². The van der Waals surface area contributed by atoms with Gasteiger partial charge in [-0.25, -0.2) is 0 Å². The summed E-state index contributed by atoms with van der Waals surface area (Å²) in [5, 5.41) is 25.2. The molecule has 0 spiro atoms. The van der Waals surface area contributed by atoms with Gasteiger partial charge in [-0.15, -0.1) is 0 Å². The van der Waals surface area contributed by atoms with Crippen LogP contribution in [0, 0.1) is 11.3 Å². The average Bonchev–Trinajstić information content (AvgIpc) is 2.72. The molecule has 16 heavy (non-hydrogen) atoms. The van der Waals surface area contributed by atoms with E-state index in [0.29, 0.717) is 11.3 Å². The summed E-state index contributed by atoms with van der Waals surface area (Å²) >= 11 is 0. The number of aromatic amines is 1. The van der Waals surface area contributed by atoms with E-state index in [2.05, 4.69) is 16.3 Å². The molecular weight excluding hydrogens is 202 g/mol. The summed E-state index contributed by atoms with van der Waals surface area (Å²) < 4.78 is 0. The molecule has 1 heterocycles. The van der Waals surface area contributed by atoms with E-state index in [1.54, 1.807) is 24.3 Å². The number of nitriles is 1. The Balaban J connectivity index is 2.52. The van der Waals surface area contributed by atoms with E-state index in [-0.39, 0.29) is 5.75 Å². The maximum atomic E-state index is 9.19. The Morgan fingerprint density at radius 1 is 1.38 bits per heavy atom. The van der Waals surface area contributed by atoms with Crippen molar-refractivity contribution in [2.75, 3.05) is 0 Å². The van der Waals surface area contributed by atoms with Gasteiger partial charge in [0.2, 0.25) is 0 Å². The van der Waals surface area contributed by atoms with Gasteiger partial charge in [0.15, 0.2) is 0 Å². The van der Waals surface area contributed by atoms with Crippen molar-refractivity contribution in [2.24, 2.45) is 0 Å². The fourth-order valence-electron chi connectivity index (χ4n) is 1.58. The van der Waals surface area contributed by atoms with Crippen molar-refractivity contribution < 1.29 is 5.11 Å². The van der Waals surface area contributed by atoms with Crippen LogP contribution in [-0.2, 0) is 6.42 Å². The Morgan fingerprint density at radius 2 is 2.06 bits per heavy atom. The van der Waals surface area contributed by atoms with Gasteiger partial charge in [0.05, 0.1) is 5.69 Å². The van der Waals surface area contributed by atoms with Crippen molar-refractivity contribution in [1.29, 1.82) is 5.26 Å². The number of aromatic nitrogens is 2. The molecule has 2 rings (SSSR count). The first-order valence-corrected chi connectivity index (χ1v) is 5.03. The Labute approximate surface area is 93.2 Å². The highest BCUT2D eigenvalue weighted by Crippen LogP contribution is 2.24. The maximum absolute atomic E-state index is 9.19. The molecular formula is C12H11N3O. The zero-order valence-electron chi connectivity index (χ0n) is 8.86. The van der Waals surface area contributed by atoms with E-state index in [4.69, 9.17) is 5.26 Å². The minimum Gasteiger partial charge on any atom is -0.508 e. The summed E-state index contributed by atoms with van der Waals surface area (Å²) in [5.74, 6) is 0.202. The number of phenolic OH excluding ortho intramolecular Hbond substituents is 1. The van der Waals surface area contributed by atoms with E-state index in [0.717, 1.165) is 17.7 Å². The Hall–Kier alpha value is -2.28. The van der Waals surface area contributed by atoms with Gasteiger partial charge in [0.25, 0.3) is 0 Å². The van der Waals surface area contributed by atoms with Crippen LogP contribution >= 0.6 is 0 Å². The predicted octanol–water partition coefficient (Wildman–Crippen LogP) is 2.22. The number of hydrogen-bond donors (Lipinski definition) is 2. The molecule has 0 aliphatic rings. The standard InChI is InChI=1S/C12H11N3O/c1-2-11-10(7-13)12(15-14-11)8-3-5-9(16)6-4-8/h3-6,16H,2H2,1H3,(H,14,15). The lowest BCUT2D eigenvalue weighted by Crippen LogP contribution is -1.85. The molecule has 2 aromatic rings. The van der Waals surface area contributed by atoms with Crippen molar-refractivity contribution >= 4 is 0 Å². The van der Waals surface area contributed by atoms with Gasteiger partial charge in [0, 0.05) is 5.56 Å². The second-order valence-corrected chi connectivity index (χ2v) is 3.44. The van der Waals surface area contributed by atoms with Gasteiger partial charge in [-0.05, 0) is 30.7 Å². The molecule has 2 N–H and O–H groups in total. The lowest BCUT2D eigenvalue weighted by Gasteiger charge is -1.97. The number of benzene rings is 1. The van der Waals surface area contributed by atoms with Gasteiger partial charge in [-0.2, -0.15) is 10.4 Å². The monoisotopic (exact) mass is 213 g/mol. The number of H-pyrrole nitrogens is 1. The normalized spacial score (nSPS) is 10.0. The van der Waals surface area contributed by atoms with Crippen molar-refractivity contribution in [2.45, 2.75) is 13.3 Å². The molecule has 0 amide bonds. The number of phenols is 1. The quantitative estimate of drug-likeness (QED) is 0.803. The Bertz CT molecular complexity index is 534. The first kappa shape index (κ1) is 10.2. The van der Waals surface area contributed by atoms with Gasteiger partial charge in [0.1, 0.15) is 23.1 Å². The largest absolute Gasteiger partial charge is 0.508 e. The highest BCUT2D eigenvalue weighted by atomic mass is 16.3. The van der Waals surface area contributed by atoms with E-state index in [9.17, 15) is 5.11 Å².